The maximum atomic E-state index is 13.5. The smallest absolute Gasteiger partial charge is 0.148 e. The fourth-order valence-corrected chi connectivity index (χ4v) is 1.66. The minimum atomic E-state index is -0.671. The second-order valence-corrected chi connectivity index (χ2v) is 3.94. The molecular weight excluding hydrogens is 258 g/mol. The summed E-state index contributed by atoms with van der Waals surface area (Å²) in [5.41, 5.74) is 0.321. The molecule has 0 heterocycles. The van der Waals surface area contributed by atoms with Crippen LogP contribution in [-0.2, 0) is 0 Å². The lowest BCUT2D eigenvalue weighted by Gasteiger charge is -2.09. The van der Waals surface area contributed by atoms with Crippen LogP contribution in [0.15, 0.2) is 36.4 Å². The molecule has 0 aliphatic carbocycles. The average Bonchev–Trinajstić information content (AvgIpc) is 2.34. The summed E-state index contributed by atoms with van der Waals surface area (Å²) in [7, 11) is 0. The van der Waals surface area contributed by atoms with Crippen LogP contribution < -0.4 is 5.32 Å². The van der Waals surface area contributed by atoms with Crippen molar-refractivity contribution >= 4 is 23.0 Å². The molecule has 0 saturated heterocycles. The van der Waals surface area contributed by atoms with Crippen molar-refractivity contribution in [2.75, 3.05) is 5.32 Å². The zero-order chi connectivity index (χ0) is 13.1. The van der Waals surface area contributed by atoms with Gasteiger partial charge in [-0.3, -0.25) is 0 Å². The van der Waals surface area contributed by atoms with Gasteiger partial charge in [0.15, 0.2) is 0 Å². The van der Waals surface area contributed by atoms with Gasteiger partial charge >= 0.3 is 0 Å². The van der Waals surface area contributed by atoms with Gasteiger partial charge in [-0.2, -0.15) is 5.26 Å². The van der Waals surface area contributed by atoms with E-state index in [-0.39, 0.29) is 16.3 Å². The Morgan fingerprint density at radius 1 is 1.11 bits per heavy atom. The summed E-state index contributed by atoms with van der Waals surface area (Å²) in [4.78, 5) is 0. The van der Waals surface area contributed by atoms with E-state index in [4.69, 9.17) is 16.9 Å². The summed E-state index contributed by atoms with van der Waals surface area (Å²) >= 11 is 5.83. The zero-order valence-electron chi connectivity index (χ0n) is 9.05. The summed E-state index contributed by atoms with van der Waals surface area (Å²) in [5, 5.41) is 11.5. The van der Waals surface area contributed by atoms with E-state index in [2.05, 4.69) is 5.32 Å². The highest BCUT2D eigenvalue weighted by Gasteiger charge is 2.08. The molecule has 0 aliphatic heterocycles. The van der Waals surface area contributed by atoms with E-state index in [0.717, 1.165) is 6.07 Å². The van der Waals surface area contributed by atoms with Crippen LogP contribution in [0.3, 0.4) is 0 Å². The molecule has 0 amide bonds. The van der Waals surface area contributed by atoms with Gasteiger partial charge in [-0.05, 0) is 30.3 Å². The normalized spacial score (nSPS) is 9.89. The molecule has 0 atom stereocenters. The van der Waals surface area contributed by atoms with Crippen molar-refractivity contribution in [3.05, 3.63) is 58.6 Å². The molecule has 5 heteroatoms. The number of anilines is 2. The first kappa shape index (κ1) is 12.3. The van der Waals surface area contributed by atoms with Crippen molar-refractivity contribution in [1.82, 2.24) is 0 Å². The molecule has 0 bridgehead atoms. The molecule has 0 aromatic heterocycles. The van der Waals surface area contributed by atoms with E-state index in [1.165, 1.54) is 30.3 Å². The number of benzene rings is 2. The van der Waals surface area contributed by atoms with Crippen LogP contribution in [0.1, 0.15) is 5.56 Å². The average molecular weight is 265 g/mol. The standard InChI is InChI=1S/C13H7ClF2N2/c14-10-2-1-3-11(15)13(10)18-9-5-4-8(7-17)12(16)6-9/h1-6,18H. The predicted octanol–water partition coefficient (Wildman–Crippen LogP) is 4.23. The summed E-state index contributed by atoms with van der Waals surface area (Å²) in [6, 6.07) is 9.85. The summed E-state index contributed by atoms with van der Waals surface area (Å²) in [6.45, 7) is 0. The van der Waals surface area contributed by atoms with E-state index in [0.29, 0.717) is 5.69 Å². The molecule has 1 N–H and O–H groups in total. The Morgan fingerprint density at radius 2 is 1.89 bits per heavy atom. The van der Waals surface area contributed by atoms with Crippen molar-refractivity contribution in [2.24, 2.45) is 0 Å². The number of nitrogens with one attached hydrogen (secondary N) is 1. The molecule has 0 fully saturated rings. The van der Waals surface area contributed by atoms with E-state index in [1.807, 2.05) is 0 Å². The Hall–Kier alpha value is -2.12. The highest BCUT2D eigenvalue weighted by atomic mass is 35.5. The van der Waals surface area contributed by atoms with Crippen molar-refractivity contribution < 1.29 is 8.78 Å². The highest BCUT2D eigenvalue weighted by Crippen LogP contribution is 2.28. The molecule has 2 rings (SSSR count). The summed E-state index contributed by atoms with van der Waals surface area (Å²) in [5.74, 6) is -1.21. The molecule has 2 aromatic carbocycles. The SMILES string of the molecule is N#Cc1ccc(Nc2c(F)cccc2Cl)cc1F. The maximum Gasteiger partial charge on any atom is 0.148 e. The van der Waals surface area contributed by atoms with Gasteiger partial charge in [0.1, 0.15) is 17.7 Å². The van der Waals surface area contributed by atoms with E-state index >= 15 is 0 Å². The Bertz CT molecular complexity index is 615. The summed E-state index contributed by atoms with van der Waals surface area (Å²) in [6.07, 6.45) is 0. The van der Waals surface area contributed by atoms with E-state index in [9.17, 15) is 8.78 Å². The molecular formula is C13H7ClF2N2. The molecule has 18 heavy (non-hydrogen) atoms. The Morgan fingerprint density at radius 3 is 2.50 bits per heavy atom. The van der Waals surface area contributed by atoms with Gasteiger partial charge in [0.05, 0.1) is 16.3 Å². The molecule has 0 aliphatic rings. The molecule has 90 valence electrons. The van der Waals surface area contributed by atoms with Crippen LogP contribution in [0.4, 0.5) is 20.2 Å². The van der Waals surface area contributed by atoms with Gasteiger partial charge in [-0.25, -0.2) is 8.78 Å². The maximum absolute atomic E-state index is 13.5. The van der Waals surface area contributed by atoms with Crippen molar-refractivity contribution in [1.29, 1.82) is 5.26 Å². The third kappa shape index (κ3) is 2.41. The van der Waals surface area contributed by atoms with Crippen LogP contribution >= 0.6 is 11.6 Å². The topological polar surface area (TPSA) is 35.8 Å². The summed E-state index contributed by atoms with van der Waals surface area (Å²) < 4.78 is 26.9. The van der Waals surface area contributed by atoms with Crippen molar-refractivity contribution in [2.45, 2.75) is 0 Å². The van der Waals surface area contributed by atoms with Crippen LogP contribution in [0.25, 0.3) is 0 Å². The predicted molar refractivity (Wildman–Crippen MR) is 65.8 cm³/mol. The van der Waals surface area contributed by atoms with Gasteiger partial charge in [0.2, 0.25) is 0 Å². The second kappa shape index (κ2) is 5.03. The van der Waals surface area contributed by atoms with Gasteiger partial charge in [-0.15, -0.1) is 0 Å². The number of hydrogen-bond acceptors (Lipinski definition) is 2. The second-order valence-electron chi connectivity index (χ2n) is 3.53. The monoisotopic (exact) mass is 264 g/mol. The number of nitrogens with zero attached hydrogens (tertiary/aromatic N) is 1. The fraction of sp³-hybridized carbons (Fsp3) is 0. The first-order valence-electron chi connectivity index (χ1n) is 5.02. The lowest BCUT2D eigenvalue weighted by Crippen LogP contribution is -1.96. The first-order chi connectivity index (χ1) is 8.61. The molecule has 2 aromatic rings. The largest absolute Gasteiger partial charge is 0.352 e. The fourth-order valence-electron chi connectivity index (χ4n) is 1.45. The number of halogens is 3. The van der Waals surface area contributed by atoms with Crippen molar-refractivity contribution in [3.63, 3.8) is 0 Å². The van der Waals surface area contributed by atoms with Crippen LogP contribution in [0, 0.1) is 23.0 Å². The van der Waals surface area contributed by atoms with Crippen LogP contribution in [-0.4, -0.2) is 0 Å². The quantitative estimate of drug-likeness (QED) is 0.881. The Balaban J connectivity index is 2.35. The highest BCUT2D eigenvalue weighted by molar-refractivity contribution is 6.33. The number of rotatable bonds is 2. The molecule has 0 spiro atoms. The van der Waals surface area contributed by atoms with E-state index in [1.54, 1.807) is 6.07 Å². The van der Waals surface area contributed by atoms with E-state index < -0.39 is 11.6 Å². The molecule has 0 saturated carbocycles. The molecule has 0 radical (unpaired) electrons. The lowest BCUT2D eigenvalue weighted by molar-refractivity contribution is 0.623. The lowest BCUT2D eigenvalue weighted by atomic mass is 10.2. The first-order valence-corrected chi connectivity index (χ1v) is 5.40. The Kier molecular flexibility index (Phi) is 3.45. The minimum Gasteiger partial charge on any atom is -0.352 e. The van der Waals surface area contributed by atoms with Crippen LogP contribution in [0.5, 0.6) is 0 Å². The third-order valence-electron chi connectivity index (χ3n) is 2.32. The van der Waals surface area contributed by atoms with Gasteiger partial charge < -0.3 is 5.32 Å². The van der Waals surface area contributed by atoms with Gasteiger partial charge in [0, 0.05) is 5.69 Å². The zero-order valence-corrected chi connectivity index (χ0v) is 9.80. The third-order valence-corrected chi connectivity index (χ3v) is 2.64. The molecule has 0 unspecified atom stereocenters. The number of para-hydroxylation sites is 1. The minimum absolute atomic E-state index is 0.0693. The van der Waals surface area contributed by atoms with Crippen LogP contribution in [0.2, 0.25) is 5.02 Å². The molecule has 2 nitrogen and oxygen atoms in total. The number of hydrogen-bond donors (Lipinski definition) is 1. The van der Waals surface area contributed by atoms with Gasteiger partial charge in [-0.1, -0.05) is 17.7 Å². The van der Waals surface area contributed by atoms with Crippen molar-refractivity contribution in [3.8, 4) is 6.07 Å². The van der Waals surface area contributed by atoms with Gasteiger partial charge in [0.25, 0.3) is 0 Å². The Labute approximate surface area is 107 Å². The number of nitriles is 1.